The van der Waals surface area contributed by atoms with Crippen LogP contribution in [0.1, 0.15) is 18.9 Å². The molecule has 4 heteroatoms. The molecule has 0 radical (unpaired) electrons. The van der Waals surface area contributed by atoms with Crippen molar-refractivity contribution in [3.8, 4) is 0 Å². The molecule has 0 saturated heterocycles. The summed E-state index contributed by atoms with van der Waals surface area (Å²) in [5.41, 5.74) is 1.31. The van der Waals surface area contributed by atoms with Crippen LogP contribution in [0.3, 0.4) is 0 Å². The van der Waals surface area contributed by atoms with E-state index in [0.717, 1.165) is 29.0 Å². The van der Waals surface area contributed by atoms with Gasteiger partial charge in [0.1, 0.15) is 0 Å². The summed E-state index contributed by atoms with van der Waals surface area (Å²) in [6.07, 6.45) is 1.15. The fourth-order valence-corrected chi connectivity index (χ4v) is 3.27. The van der Waals surface area contributed by atoms with Gasteiger partial charge >= 0.3 is 0 Å². The summed E-state index contributed by atoms with van der Waals surface area (Å²) in [7, 11) is 0. The van der Waals surface area contributed by atoms with Crippen LogP contribution < -0.4 is 5.32 Å². The third-order valence-electron chi connectivity index (χ3n) is 2.81. The standard InChI is InChI=1S/C16H17BrClNS/c1-2-9-19-11-12-10-13(17)3-8-16(12)20-15-6-4-14(18)5-7-15/h3-8,10,19H,2,9,11H2,1H3. The van der Waals surface area contributed by atoms with Gasteiger partial charge in [-0.3, -0.25) is 0 Å². The van der Waals surface area contributed by atoms with Crippen LogP contribution >= 0.6 is 39.3 Å². The number of halogens is 2. The molecule has 0 aliphatic rings. The molecule has 106 valence electrons. The van der Waals surface area contributed by atoms with E-state index in [9.17, 15) is 0 Å². The number of benzene rings is 2. The molecule has 0 aliphatic carbocycles. The van der Waals surface area contributed by atoms with Crippen LogP contribution in [0.2, 0.25) is 5.02 Å². The zero-order chi connectivity index (χ0) is 14.4. The van der Waals surface area contributed by atoms with Crippen LogP contribution in [0.4, 0.5) is 0 Å². The van der Waals surface area contributed by atoms with Gasteiger partial charge in [0.25, 0.3) is 0 Å². The molecule has 1 N–H and O–H groups in total. The summed E-state index contributed by atoms with van der Waals surface area (Å²) in [5.74, 6) is 0. The highest BCUT2D eigenvalue weighted by Crippen LogP contribution is 2.32. The van der Waals surface area contributed by atoms with Crippen molar-refractivity contribution in [3.63, 3.8) is 0 Å². The highest BCUT2D eigenvalue weighted by Gasteiger charge is 2.05. The normalized spacial score (nSPS) is 10.8. The summed E-state index contributed by atoms with van der Waals surface area (Å²) in [6.45, 7) is 4.11. The van der Waals surface area contributed by atoms with E-state index in [4.69, 9.17) is 11.6 Å². The third-order valence-corrected chi connectivity index (χ3v) is 4.68. The lowest BCUT2D eigenvalue weighted by Crippen LogP contribution is -2.14. The van der Waals surface area contributed by atoms with Crippen molar-refractivity contribution in [2.24, 2.45) is 0 Å². The lowest BCUT2D eigenvalue weighted by Gasteiger charge is -2.11. The molecule has 0 heterocycles. The van der Waals surface area contributed by atoms with E-state index in [1.54, 1.807) is 11.8 Å². The third kappa shape index (κ3) is 4.81. The number of hydrogen-bond donors (Lipinski definition) is 1. The molecular formula is C16H17BrClNS. The molecule has 0 unspecified atom stereocenters. The average molecular weight is 371 g/mol. The van der Waals surface area contributed by atoms with Crippen molar-refractivity contribution < 1.29 is 0 Å². The van der Waals surface area contributed by atoms with Gasteiger partial charge in [0.15, 0.2) is 0 Å². The monoisotopic (exact) mass is 369 g/mol. The lowest BCUT2D eigenvalue weighted by atomic mass is 10.2. The largest absolute Gasteiger partial charge is 0.313 e. The molecule has 0 amide bonds. The molecule has 0 spiro atoms. The second-order valence-electron chi connectivity index (χ2n) is 4.48. The fourth-order valence-electron chi connectivity index (χ4n) is 1.82. The predicted octanol–water partition coefficient (Wildman–Crippen LogP) is 5.75. The van der Waals surface area contributed by atoms with E-state index in [2.05, 4.69) is 58.5 Å². The molecule has 2 aromatic carbocycles. The topological polar surface area (TPSA) is 12.0 Å². The summed E-state index contributed by atoms with van der Waals surface area (Å²) in [6, 6.07) is 14.4. The Hall–Kier alpha value is -0.480. The second-order valence-corrected chi connectivity index (χ2v) is 6.95. The number of rotatable bonds is 6. The predicted molar refractivity (Wildman–Crippen MR) is 91.7 cm³/mol. The van der Waals surface area contributed by atoms with Crippen LogP contribution in [0.25, 0.3) is 0 Å². The Morgan fingerprint density at radius 2 is 1.90 bits per heavy atom. The van der Waals surface area contributed by atoms with Gasteiger partial charge in [-0.2, -0.15) is 0 Å². The van der Waals surface area contributed by atoms with Gasteiger partial charge in [-0.1, -0.05) is 46.2 Å². The van der Waals surface area contributed by atoms with E-state index in [1.807, 2.05) is 12.1 Å². The maximum atomic E-state index is 5.93. The SMILES string of the molecule is CCCNCc1cc(Br)ccc1Sc1ccc(Cl)cc1. The lowest BCUT2D eigenvalue weighted by molar-refractivity contribution is 0.669. The Morgan fingerprint density at radius 3 is 2.60 bits per heavy atom. The zero-order valence-electron chi connectivity index (χ0n) is 11.3. The van der Waals surface area contributed by atoms with Crippen molar-refractivity contribution in [3.05, 3.63) is 57.5 Å². The second kappa shape index (κ2) is 8.08. The smallest absolute Gasteiger partial charge is 0.0406 e. The van der Waals surface area contributed by atoms with E-state index < -0.39 is 0 Å². The Morgan fingerprint density at radius 1 is 1.15 bits per heavy atom. The molecule has 2 rings (SSSR count). The van der Waals surface area contributed by atoms with Gasteiger partial charge in [0.05, 0.1) is 0 Å². The van der Waals surface area contributed by atoms with E-state index in [1.165, 1.54) is 15.4 Å². The number of nitrogens with one attached hydrogen (secondary N) is 1. The number of hydrogen-bond acceptors (Lipinski definition) is 2. The van der Waals surface area contributed by atoms with Crippen LogP contribution in [-0.4, -0.2) is 6.54 Å². The molecule has 0 aliphatic heterocycles. The average Bonchev–Trinajstić information content (AvgIpc) is 2.44. The summed E-state index contributed by atoms with van der Waals surface area (Å²) < 4.78 is 1.12. The van der Waals surface area contributed by atoms with Gasteiger partial charge in [-0.15, -0.1) is 0 Å². The summed E-state index contributed by atoms with van der Waals surface area (Å²) in [4.78, 5) is 2.48. The molecule has 20 heavy (non-hydrogen) atoms. The molecule has 0 bridgehead atoms. The minimum Gasteiger partial charge on any atom is -0.313 e. The minimum atomic E-state index is 0.773. The van der Waals surface area contributed by atoms with Crippen molar-refractivity contribution in [1.29, 1.82) is 0 Å². The van der Waals surface area contributed by atoms with Gasteiger partial charge in [0.2, 0.25) is 0 Å². The van der Waals surface area contributed by atoms with Crippen LogP contribution in [0, 0.1) is 0 Å². The van der Waals surface area contributed by atoms with Crippen molar-refractivity contribution in [2.45, 2.75) is 29.7 Å². The zero-order valence-corrected chi connectivity index (χ0v) is 14.5. The van der Waals surface area contributed by atoms with Crippen LogP contribution in [-0.2, 0) is 6.54 Å². The maximum absolute atomic E-state index is 5.93. The Bertz CT molecular complexity index is 557. The first-order chi connectivity index (χ1) is 9.69. The van der Waals surface area contributed by atoms with E-state index in [0.29, 0.717) is 0 Å². The molecule has 0 atom stereocenters. The summed E-state index contributed by atoms with van der Waals surface area (Å²) in [5, 5.41) is 4.23. The fraction of sp³-hybridized carbons (Fsp3) is 0.250. The molecule has 0 fully saturated rings. The molecule has 1 nitrogen and oxygen atoms in total. The Kier molecular flexibility index (Phi) is 6.43. The maximum Gasteiger partial charge on any atom is 0.0406 e. The van der Waals surface area contributed by atoms with Crippen LogP contribution in [0.5, 0.6) is 0 Å². The van der Waals surface area contributed by atoms with Crippen molar-refractivity contribution in [2.75, 3.05) is 6.54 Å². The van der Waals surface area contributed by atoms with E-state index in [-0.39, 0.29) is 0 Å². The first kappa shape index (κ1) is 15.9. The Balaban J connectivity index is 2.15. The van der Waals surface area contributed by atoms with Gasteiger partial charge < -0.3 is 5.32 Å². The molecule has 0 aromatic heterocycles. The Labute approximate surface area is 138 Å². The molecular weight excluding hydrogens is 354 g/mol. The van der Waals surface area contributed by atoms with Crippen molar-refractivity contribution in [1.82, 2.24) is 5.32 Å². The van der Waals surface area contributed by atoms with E-state index >= 15 is 0 Å². The van der Waals surface area contributed by atoms with Gasteiger partial charge in [-0.05, 0) is 61.0 Å². The van der Waals surface area contributed by atoms with Crippen molar-refractivity contribution >= 4 is 39.3 Å². The first-order valence-electron chi connectivity index (χ1n) is 6.61. The molecule has 2 aromatic rings. The first-order valence-corrected chi connectivity index (χ1v) is 8.60. The highest BCUT2D eigenvalue weighted by atomic mass is 79.9. The summed E-state index contributed by atoms with van der Waals surface area (Å²) >= 11 is 11.2. The highest BCUT2D eigenvalue weighted by molar-refractivity contribution is 9.10. The van der Waals surface area contributed by atoms with Gasteiger partial charge in [0, 0.05) is 25.8 Å². The minimum absolute atomic E-state index is 0.773. The molecule has 0 saturated carbocycles. The van der Waals surface area contributed by atoms with Gasteiger partial charge in [-0.25, -0.2) is 0 Å². The van der Waals surface area contributed by atoms with Crippen LogP contribution in [0.15, 0.2) is 56.7 Å². The quantitative estimate of drug-likeness (QED) is 0.649.